The maximum atomic E-state index is 3.75. The zero-order valence-corrected chi connectivity index (χ0v) is 12.1. The number of rotatable bonds is 5. The molecule has 0 aliphatic carbocycles. The van der Waals surface area contributed by atoms with Crippen molar-refractivity contribution in [2.24, 2.45) is 5.92 Å². The molecular formula is C17H26N2. The number of piperidine rings is 3. The molecule has 0 saturated carbocycles. The van der Waals surface area contributed by atoms with Crippen LogP contribution < -0.4 is 5.32 Å². The largest absolute Gasteiger partial charge is 0.381 e. The number of unbranched alkanes of at least 4 members (excludes halogenated alkanes) is 1. The van der Waals surface area contributed by atoms with Crippen LogP contribution in [0.15, 0.2) is 24.3 Å². The Bertz CT molecular complexity index is 390. The molecule has 19 heavy (non-hydrogen) atoms. The predicted molar refractivity (Wildman–Crippen MR) is 81.6 cm³/mol. The fraction of sp³-hybridized carbons (Fsp3) is 0.647. The zero-order valence-electron chi connectivity index (χ0n) is 12.1. The summed E-state index contributed by atoms with van der Waals surface area (Å²) < 4.78 is 0. The molecule has 0 radical (unpaired) electrons. The van der Waals surface area contributed by atoms with Crippen molar-refractivity contribution in [3.05, 3.63) is 29.8 Å². The van der Waals surface area contributed by atoms with Gasteiger partial charge >= 0.3 is 0 Å². The quantitative estimate of drug-likeness (QED) is 0.869. The summed E-state index contributed by atoms with van der Waals surface area (Å²) in [5.74, 6) is 0.893. The van der Waals surface area contributed by atoms with E-state index in [9.17, 15) is 0 Å². The highest BCUT2D eigenvalue weighted by atomic mass is 15.2. The van der Waals surface area contributed by atoms with Gasteiger partial charge in [0.2, 0.25) is 0 Å². The van der Waals surface area contributed by atoms with E-state index in [1.807, 2.05) is 0 Å². The summed E-state index contributed by atoms with van der Waals surface area (Å²) in [6.07, 6.45) is 6.56. The van der Waals surface area contributed by atoms with Crippen molar-refractivity contribution >= 4 is 5.69 Å². The topological polar surface area (TPSA) is 15.3 Å². The average molecular weight is 258 g/mol. The van der Waals surface area contributed by atoms with E-state index in [2.05, 4.69) is 41.4 Å². The highest BCUT2D eigenvalue weighted by molar-refractivity contribution is 5.46. The van der Waals surface area contributed by atoms with Gasteiger partial charge in [-0.25, -0.2) is 0 Å². The normalized spacial score (nSPS) is 29.4. The Hall–Kier alpha value is -1.02. The SMILES string of the molecule is CCCCc1ccc(NC2CN3CCC2CC3)cc1. The second-order valence-electron chi connectivity index (χ2n) is 6.19. The number of nitrogens with zero attached hydrogens (tertiary/aromatic N) is 1. The third kappa shape index (κ3) is 3.11. The molecule has 1 aromatic rings. The zero-order chi connectivity index (χ0) is 13.1. The lowest BCUT2D eigenvalue weighted by molar-refractivity contribution is 0.0975. The van der Waals surface area contributed by atoms with Gasteiger partial charge in [0.05, 0.1) is 0 Å². The third-order valence-corrected chi connectivity index (χ3v) is 4.78. The van der Waals surface area contributed by atoms with E-state index in [-0.39, 0.29) is 0 Å². The number of fused-ring (bicyclic) bond motifs is 3. The summed E-state index contributed by atoms with van der Waals surface area (Å²) >= 11 is 0. The molecule has 0 spiro atoms. The summed E-state index contributed by atoms with van der Waals surface area (Å²) in [6, 6.07) is 9.79. The molecule has 2 heteroatoms. The van der Waals surface area contributed by atoms with Crippen LogP contribution in [0.25, 0.3) is 0 Å². The van der Waals surface area contributed by atoms with Gasteiger partial charge in [0, 0.05) is 18.3 Å². The molecular weight excluding hydrogens is 232 g/mol. The van der Waals surface area contributed by atoms with E-state index in [1.165, 1.54) is 63.0 Å². The molecule has 3 fully saturated rings. The molecule has 1 N–H and O–H groups in total. The van der Waals surface area contributed by atoms with E-state index in [1.54, 1.807) is 0 Å². The maximum Gasteiger partial charge on any atom is 0.0417 e. The van der Waals surface area contributed by atoms with Crippen molar-refractivity contribution in [3.63, 3.8) is 0 Å². The average Bonchev–Trinajstić information content (AvgIpc) is 2.48. The number of aryl methyl sites for hydroxylation is 1. The molecule has 1 aromatic carbocycles. The van der Waals surface area contributed by atoms with Crippen LogP contribution in [0.5, 0.6) is 0 Å². The lowest BCUT2D eigenvalue weighted by atomic mass is 9.84. The summed E-state index contributed by atoms with van der Waals surface area (Å²) in [4.78, 5) is 2.60. The highest BCUT2D eigenvalue weighted by Crippen LogP contribution is 2.29. The van der Waals surface area contributed by atoms with Crippen LogP contribution in [0.1, 0.15) is 38.2 Å². The Morgan fingerprint density at radius 1 is 1.16 bits per heavy atom. The number of hydrogen-bond donors (Lipinski definition) is 1. The molecule has 1 atom stereocenters. The van der Waals surface area contributed by atoms with Crippen molar-refractivity contribution in [1.29, 1.82) is 0 Å². The molecule has 3 aliphatic rings. The first kappa shape index (κ1) is 13.0. The molecule has 0 aromatic heterocycles. The summed E-state index contributed by atoms with van der Waals surface area (Å²) in [6.45, 7) is 6.13. The molecule has 1 unspecified atom stereocenters. The van der Waals surface area contributed by atoms with Gasteiger partial charge in [-0.3, -0.25) is 0 Å². The van der Waals surface area contributed by atoms with Crippen molar-refractivity contribution in [2.75, 3.05) is 25.0 Å². The first-order valence-corrected chi connectivity index (χ1v) is 7.93. The number of hydrogen-bond acceptors (Lipinski definition) is 2. The molecule has 2 bridgehead atoms. The van der Waals surface area contributed by atoms with Crippen LogP contribution in [0.3, 0.4) is 0 Å². The van der Waals surface area contributed by atoms with Gasteiger partial charge in [-0.05, 0) is 62.4 Å². The minimum Gasteiger partial charge on any atom is -0.381 e. The number of benzene rings is 1. The Morgan fingerprint density at radius 3 is 2.47 bits per heavy atom. The van der Waals surface area contributed by atoms with Gasteiger partial charge in [-0.2, -0.15) is 0 Å². The second-order valence-corrected chi connectivity index (χ2v) is 6.19. The van der Waals surface area contributed by atoms with E-state index in [0.717, 1.165) is 5.92 Å². The van der Waals surface area contributed by atoms with Gasteiger partial charge < -0.3 is 10.2 Å². The fourth-order valence-corrected chi connectivity index (χ4v) is 3.49. The standard InChI is InChI=1S/C17H26N2/c1-2-3-4-14-5-7-16(8-6-14)18-17-13-19-11-9-15(17)10-12-19/h5-8,15,17-18H,2-4,9-13H2,1H3. The minimum atomic E-state index is 0.670. The molecule has 3 aliphatic heterocycles. The number of anilines is 1. The molecule has 3 saturated heterocycles. The van der Waals surface area contributed by atoms with Crippen molar-refractivity contribution < 1.29 is 0 Å². The van der Waals surface area contributed by atoms with E-state index >= 15 is 0 Å². The van der Waals surface area contributed by atoms with Crippen molar-refractivity contribution in [2.45, 2.75) is 45.1 Å². The first-order chi connectivity index (χ1) is 9.35. The Kier molecular flexibility index (Phi) is 4.07. The highest BCUT2D eigenvalue weighted by Gasteiger charge is 2.33. The first-order valence-electron chi connectivity index (χ1n) is 7.93. The van der Waals surface area contributed by atoms with Crippen LogP contribution >= 0.6 is 0 Å². The van der Waals surface area contributed by atoms with E-state index in [0.29, 0.717) is 6.04 Å². The lowest BCUT2D eigenvalue weighted by Crippen LogP contribution is -2.53. The predicted octanol–water partition coefficient (Wildman–Crippen LogP) is 3.54. The van der Waals surface area contributed by atoms with Gasteiger partial charge in [0.15, 0.2) is 0 Å². The molecule has 0 amide bonds. The molecule has 2 nitrogen and oxygen atoms in total. The lowest BCUT2D eigenvalue weighted by Gasteiger charge is -2.45. The van der Waals surface area contributed by atoms with Gasteiger partial charge in [-0.1, -0.05) is 25.5 Å². The van der Waals surface area contributed by atoms with Crippen LogP contribution in [0, 0.1) is 5.92 Å². The minimum absolute atomic E-state index is 0.670. The monoisotopic (exact) mass is 258 g/mol. The van der Waals surface area contributed by atoms with Crippen LogP contribution in [-0.4, -0.2) is 30.6 Å². The van der Waals surface area contributed by atoms with Crippen LogP contribution in [-0.2, 0) is 6.42 Å². The van der Waals surface area contributed by atoms with Crippen LogP contribution in [0.2, 0.25) is 0 Å². The number of nitrogens with one attached hydrogen (secondary N) is 1. The second kappa shape index (κ2) is 5.96. The molecule has 4 rings (SSSR count). The van der Waals surface area contributed by atoms with Crippen molar-refractivity contribution in [1.82, 2.24) is 4.90 Å². The third-order valence-electron chi connectivity index (χ3n) is 4.78. The summed E-state index contributed by atoms with van der Waals surface area (Å²) in [7, 11) is 0. The van der Waals surface area contributed by atoms with Crippen molar-refractivity contribution in [3.8, 4) is 0 Å². The van der Waals surface area contributed by atoms with Gasteiger partial charge in [0.1, 0.15) is 0 Å². The molecule has 104 valence electrons. The molecule has 3 heterocycles. The Morgan fingerprint density at radius 2 is 1.89 bits per heavy atom. The van der Waals surface area contributed by atoms with Crippen LogP contribution in [0.4, 0.5) is 5.69 Å². The summed E-state index contributed by atoms with van der Waals surface area (Å²) in [5, 5.41) is 3.75. The Labute approximate surface area is 117 Å². The Balaban J connectivity index is 1.57. The van der Waals surface area contributed by atoms with Gasteiger partial charge in [-0.15, -0.1) is 0 Å². The van der Waals surface area contributed by atoms with E-state index in [4.69, 9.17) is 0 Å². The smallest absolute Gasteiger partial charge is 0.0417 e. The van der Waals surface area contributed by atoms with Gasteiger partial charge in [0.25, 0.3) is 0 Å². The maximum absolute atomic E-state index is 3.75. The van der Waals surface area contributed by atoms with E-state index < -0.39 is 0 Å². The summed E-state index contributed by atoms with van der Waals surface area (Å²) in [5.41, 5.74) is 2.78. The fourth-order valence-electron chi connectivity index (χ4n) is 3.49.